The number of carbonyl (C=O) groups is 1. The Morgan fingerprint density at radius 3 is 2.59 bits per heavy atom. The number of benzene rings is 3. The van der Waals surface area contributed by atoms with Crippen molar-refractivity contribution < 1.29 is 13.6 Å². The van der Waals surface area contributed by atoms with Crippen LogP contribution in [0.15, 0.2) is 81.6 Å². The van der Waals surface area contributed by atoms with Gasteiger partial charge in [-0.05, 0) is 66.7 Å². The second-order valence-electron chi connectivity index (χ2n) is 7.51. The predicted molar refractivity (Wildman–Crippen MR) is 128 cm³/mol. The Hall–Kier alpha value is -3.97. The molecular weight excluding hydrogens is 422 g/mol. The van der Waals surface area contributed by atoms with E-state index in [-0.39, 0.29) is 10.9 Å². The molecular formula is C25H19N3O3S. The average molecular weight is 442 g/mol. The van der Waals surface area contributed by atoms with Crippen molar-refractivity contribution in [1.29, 1.82) is 0 Å². The Balaban J connectivity index is 1.20. The summed E-state index contributed by atoms with van der Waals surface area (Å²) in [5, 5.41) is 6.71. The first kappa shape index (κ1) is 20.0. The van der Waals surface area contributed by atoms with Gasteiger partial charge in [-0.1, -0.05) is 36.4 Å². The molecule has 2 aromatic heterocycles. The molecule has 0 spiro atoms. The van der Waals surface area contributed by atoms with E-state index in [1.54, 1.807) is 6.07 Å². The van der Waals surface area contributed by atoms with E-state index in [0.29, 0.717) is 17.9 Å². The zero-order valence-corrected chi connectivity index (χ0v) is 18.0. The highest BCUT2D eigenvalue weighted by Gasteiger charge is 2.14. The lowest BCUT2D eigenvalue weighted by Gasteiger charge is -2.09. The van der Waals surface area contributed by atoms with Gasteiger partial charge in [0.1, 0.15) is 11.1 Å². The molecule has 2 heterocycles. The van der Waals surface area contributed by atoms with Gasteiger partial charge < -0.3 is 14.2 Å². The molecule has 0 unspecified atom stereocenters. The molecule has 32 heavy (non-hydrogen) atoms. The summed E-state index contributed by atoms with van der Waals surface area (Å²) in [7, 11) is 0. The molecule has 0 atom stereocenters. The number of nitrogens with one attached hydrogen (secondary N) is 2. The number of nitrogens with zero attached hydrogens (tertiary/aromatic N) is 1. The Morgan fingerprint density at radius 2 is 1.78 bits per heavy atom. The van der Waals surface area contributed by atoms with E-state index in [9.17, 15) is 4.79 Å². The van der Waals surface area contributed by atoms with Gasteiger partial charge in [-0.2, -0.15) is 0 Å². The second kappa shape index (κ2) is 8.28. The number of thiocarbonyl (C=S) groups is 1. The van der Waals surface area contributed by atoms with Crippen LogP contribution in [0.25, 0.3) is 22.1 Å². The third-order valence-corrected chi connectivity index (χ3v) is 5.24. The van der Waals surface area contributed by atoms with E-state index in [1.165, 1.54) is 0 Å². The van der Waals surface area contributed by atoms with Crippen LogP contribution in [0.1, 0.15) is 27.6 Å². The van der Waals surface area contributed by atoms with E-state index in [1.807, 2.05) is 73.7 Å². The molecule has 7 heteroatoms. The molecule has 6 nitrogen and oxygen atoms in total. The number of fused-ring (bicyclic) bond motifs is 2. The van der Waals surface area contributed by atoms with Crippen molar-refractivity contribution in [2.45, 2.75) is 13.3 Å². The van der Waals surface area contributed by atoms with Crippen LogP contribution in [0.3, 0.4) is 0 Å². The lowest BCUT2D eigenvalue weighted by molar-refractivity contribution is 0.0953. The molecule has 0 saturated heterocycles. The quantitative estimate of drug-likeness (QED) is 0.353. The fourth-order valence-electron chi connectivity index (χ4n) is 3.46. The minimum atomic E-state index is -0.401. The van der Waals surface area contributed by atoms with Crippen molar-refractivity contribution in [3.05, 3.63) is 95.6 Å². The summed E-state index contributed by atoms with van der Waals surface area (Å²) >= 11 is 5.27. The van der Waals surface area contributed by atoms with E-state index in [0.717, 1.165) is 33.3 Å². The number of aromatic nitrogens is 1. The molecule has 0 bridgehead atoms. The Morgan fingerprint density at radius 1 is 0.969 bits per heavy atom. The summed E-state index contributed by atoms with van der Waals surface area (Å²) in [5.74, 6) is 0.473. The van der Waals surface area contributed by atoms with Gasteiger partial charge >= 0.3 is 0 Å². The van der Waals surface area contributed by atoms with Gasteiger partial charge in [0.25, 0.3) is 5.91 Å². The largest absolute Gasteiger partial charge is 0.451 e. The topological polar surface area (TPSA) is 80.3 Å². The highest BCUT2D eigenvalue weighted by molar-refractivity contribution is 7.80. The summed E-state index contributed by atoms with van der Waals surface area (Å²) in [6.07, 6.45) is 0.585. The number of carbonyl (C=O) groups excluding carboxylic acids is 1. The molecule has 1 amide bonds. The number of anilines is 1. The van der Waals surface area contributed by atoms with E-state index >= 15 is 0 Å². The first-order valence-electron chi connectivity index (χ1n) is 10.1. The molecule has 0 saturated carbocycles. The Labute approximate surface area is 189 Å². The van der Waals surface area contributed by atoms with Crippen molar-refractivity contribution in [3.63, 3.8) is 0 Å². The van der Waals surface area contributed by atoms with E-state index in [4.69, 9.17) is 21.1 Å². The molecule has 0 radical (unpaired) electrons. The van der Waals surface area contributed by atoms with Gasteiger partial charge in [0, 0.05) is 17.5 Å². The molecule has 5 aromatic rings. The van der Waals surface area contributed by atoms with Crippen LogP contribution in [0.5, 0.6) is 0 Å². The Kier molecular flexibility index (Phi) is 5.17. The van der Waals surface area contributed by atoms with Gasteiger partial charge in [-0.3, -0.25) is 10.1 Å². The summed E-state index contributed by atoms with van der Waals surface area (Å²) in [6.45, 7) is 2.03. The summed E-state index contributed by atoms with van der Waals surface area (Å²) in [4.78, 5) is 17.0. The fourth-order valence-corrected chi connectivity index (χ4v) is 3.67. The number of oxazole rings is 1. The van der Waals surface area contributed by atoms with Gasteiger partial charge in [0.15, 0.2) is 22.3 Å². The van der Waals surface area contributed by atoms with Crippen LogP contribution in [-0.2, 0) is 6.42 Å². The number of furan rings is 1. The number of hydrogen-bond acceptors (Lipinski definition) is 5. The van der Waals surface area contributed by atoms with Crippen molar-refractivity contribution in [2.24, 2.45) is 0 Å². The summed E-state index contributed by atoms with van der Waals surface area (Å²) in [5.41, 5.74) is 5.27. The minimum absolute atomic E-state index is 0.192. The lowest BCUT2D eigenvalue weighted by Crippen LogP contribution is -2.33. The van der Waals surface area contributed by atoms with Crippen molar-refractivity contribution in [2.75, 3.05) is 5.32 Å². The normalized spacial score (nSPS) is 11.0. The first-order valence-corrected chi connectivity index (χ1v) is 10.5. The zero-order chi connectivity index (χ0) is 22.1. The summed E-state index contributed by atoms with van der Waals surface area (Å²) in [6, 6.07) is 22.8. The van der Waals surface area contributed by atoms with E-state index in [2.05, 4.69) is 15.6 Å². The van der Waals surface area contributed by atoms with Gasteiger partial charge in [0.2, 0.25) is 0 Å². The zero-order valence-electron chi connectivity index (χ0n) is 17.2. The number of para-hydroxylation sites is 1. The maximum atomic E-state index is 12.4. The number of amides is 1. The van der Waals surface area contributed by atoms with Crippen molar-refractivity contribution in [1.82, 2.24) is 10.3 Å². The molecule has 5 rings (SSSR count). The fraction of sp³-hybridized carbons (Fsp3) is 0.0800. The van der Waals surface area contributed by atoms with E-state index < -0.39 is 5.91 Å². The molecule has 0 aliphatic rings. The van der Waals surface area contributed by atoms with Gasteiger partial charge in [-0.25, -0.2) is 4.98 Å². The van der Waals surface area contributed by atoms with Gasteiger partial charge in [0.05, 0.1) is 0 Å². The lowest BCUT2D eigenvalue weighted by atomic mass is 10.1. The molecule has 3 aromatic carbocycles. The first-order chi connectivity index (χ1) is 15.5. The molecule has 0 aliphatic heterocycles. The number of rotatable bonds is 4. The predicted octanol–water partition coefficient (Wildman–Crippen LogP) is 5.60. The molecule has 158 valence electrons. The minimum Gasteiger partial charge on any atom is -0.451 e. The maximum absolute atomic E-state index is 12.4. The van der Waals surface area contributed by atoms with Crippen LogP contribution in [-0.4, -0.2) is 16.0 Å². The SMILES string of the molecule is Cc1ccc2oc(Cc3ccc(NC(=S)NC(=O)c4cc5ccccc5o4)cc3)nc2c1. The van der Waals surface area contributed by atoms with Crippen LogP contribution in [0, 0.1) is 6.92 Å². The van der Waals surface area contributed by atoms with Crippen LogP contribution in [0.2, 0.25) is 0 Å². The highest BCUT2D eigenvalue weighted by Crippen LogP contribution is 2.21. The third kappa shape index (κ3) is 4.24. The monoisotopic (exact) mass is 441 g/mol. The summed E-state index contributed by atoms with van der Waals surface area (Å²) < 4.78 is 11.4. The van der Waals surface area contributed by atoms with Crippen LogP contribution in [0.4, 0.5) is 5.69 Å². The number of hydrogen-bond donors (Lipinski definition) is 2. The molecule has 2 N–H and O–H groups in total. The molecule has 0 fully saturated rings. The third-order valence-electron chi connectivity index (χ3n) is 5.03. The van der Waals surface area contributed by atoms with Gasteiger partial charge in [-0.15, -0.1) is 0 Å². The van der Waals surface area contributed by atoms with Crippen LogP contribution >= 0.6 is 12.2 Å². The highest BCUT2D eigenvalue weighted by atomic mass is 32.1. The molecule has 0 aliphatic carbocycles. The van der Waals surface area contributed by atoms with Crippen LogP contribution < -0.4 is 10.6 Å². The Bertz CT molecular complexity index is 1420. The number of aryl methyl sites for hydroxylation is 1. The standard InChI is InChI=1S/C25H19N3O3S/c1-15-6-11-21-19(12-15)27-23(31-21)13-16-7-9-18(10-8-16)26-25(32)28-24(29)22-14-17-4-2-3-5-20(17)30-22/h2-12,14H,13H2,1H3,(H2,26,28,29,32). The van der Waals surface area contributed by atoms with Crippen molar-refractivity contribution >= 4 is 51.0 Å². The van der Waals surface area contributed by atoms with Crippen molar-refractivity contribution in [3.8, 4) is 0 Å². The maximum Gasteiger partial charge on any atom is 0.293 e. The average Bonchev–Trinajstić information content (AvgIpc) is 3.38. The smallest absolute Gasteiger partial charge is 0.293 e. The second-order valence-corrected chi connectivity index (χ2v) is 7.92.